The highest BCUT2D eigenvalue weighted by Gasteiger charge is 2.52. The molecule has 25 nitrogen and oxygen atoms in total. The number of amides is 12. The molecule has 2 aliphatic carbocycles. The lowest BCUT2D eigenvalue weighted by Crippen LogP contribution is -2.65. The molecule has 25 heteroatoms. The van der Waals surface area contributed by atoms with Gasteiger partial charge in [-0.25, -0.2) is 0 Å². The van der Waals surface area contributed by atoms with Crippen molar-refractivity contribution >= 4 is 70.9 Å². The average Bonchev–Trinajstić information content (AvgIpc) is 2.11. The van der Waals surface area contributed by atoms with E-state index in [1.54, 1.807) is 25.8 Å². The summed E-state index contributed by atoms with van der Waals surface area (Å²) in [6.07, 6.45) is 7.49. The van der Waals surface area contributed by atoms with E-state index in [1.165, 1.54) is 66.8 Å². The quantitative estimate of drug-likeness (QED) is 0.345. The molecular formula is C64H98N12O13. The molecule has 6 aliphatic rings. The standard InChI is InChI=1S/C64H98N12O13/c1-12-41(4)55-61(86)70(7)36-53(80)68(5)37-54(81)72(9)48(32-42-25-23-40(3)24-26-42)59(84)69(6)35-50(77)65-34-52(79)75-31-19-22-47(75)58(83)67-64(29-17-18-30-64)63(88)74(11)56(43-20-15-14-16-21-43)62(87)73(10)49(33-51(78)71(8)46(13-2)57(82)66-55)60(85)76-44-27-28-45(76)39-89-38-44/h23-26,41,43-49,55-56H,12-22,27-39H2,1-11H3,(H,65,77)(H,66,82)(H,67,83)/t41-,44?,45?,46?,47?,48?,49?,55?,56?/m0/s1. The van der Waals surface area contributed by atoms with Gasteiger partial charge in [0.2, 0.25) is 70.9 Å². The number of carbonyl (C=O) groups excluding carboxylic acids is 12. The molecule has 0 radical (unpaired) electrons. The van der Waals surface area contributed by atoms with Crippen molar-refractivity contribution in [3.05, 3.63) is 35.4 Å². The Morgan fingerprint density at radius 3 is 1.85 bits per heavy atom. The summed E-state index contributed by atoms with van der Waals surface area (Å²) >= 11 is 0. The van der Waals surface area contributed by atoms with E-state index in [1.807, 2.05) is 38.1 Å². The first-order valence-electron chi connectivity index (χ1n) is 32.2. The molecule has 89 heavy (non-hydrogen) atoms. The number of nitrogens with zero attached hydrogens (tertiary/aromatic N) is 9. The van der Waals surface area contributed by atoms with Gasteiger partial charge in [-0.1, -0.05) is 89.1 Å². The number of likely N-dealkylation sites (N-methyl/N-ethyl adjacent to an activating group) is 7. The van der Waals surface area contributed by atoms with E-state index in [-0.39, 0.29) is 69.9 Å². The zero-order valence-electron chi connectivity index (χ0n) is 54.4. The number of nitrogens with one attached hydrogen (secondary N) is 3. The fourth-order valence-corrected chi connectivity index (χ4v) is 14.0. The minimum Gasteiger partial charge on any atom is -0.377 e. The van der Waals surface area contributed by atoms with Gasteiger partial charge in [0.1, 0.15) is 41.8 Å². The van der Waals surface area contributed by atoms with Crippen molar-refractivity contribution in [2.45, 2.75) is 191 Å². The van der Waals surface area contributed by atoms with Gasteiger partial charge in [-0.15, -0.1) is 0 Å². The number of hydrogen-bond donors (Lipinski definition) is 3. The van der Waals surface area contributed by atoms with Crippen LogP contribution in [0.15, 0.2) is 24.3 Å². The second kappa shape index (κ2) is 30.6. The van der Waals surface area contributed by atoms with Crippen LogP contribution in [0.2, 0.25) is 0 Å². The Bertz CT molecular complexity index is 2770. The minimum absolute atomic E-state index is 0.0420. The Morgan fingerprint density at radius 2 is 1.24 bits per heavy atom. The molecule has 7 rings (SSSR count). The molecule has 4 saturated heterocycles. The number of carbonyl (C=O) groups is 12. The van der Waals surface area contributed by atoms with Crippen LogP contribution >= 0.6 is 0 Å². The molecule has 4 heterocycles. The average molecular weight is 1240 g/mol. The van der Waals surface area contributed by atoms with E-state index in [0.717, 1.165) is 39.5 Å². The number of rotatable bonds is 7. The smallest absolute Gasteiger partial charge is 0.248 e. The highest BCUT2D eigenvalue weighted by Crippen LogP contribution is 2.37. The van der Waals surface area contributed by atoms with Crippen molar-refractivity contribution in [2.24, 2.45) is 11.8 Å². The molecule has 0 aromatic heterocycles. The first-order chi connectivity index (χ1) is 42.2. The number of benzene rings is 1. The summed E-state index contributed by atoms with van der Waals surface area (Å²) in [5.74, 6) is -7.88. The van der Waals surface area contributed by atoms with Crippen molar-refractivity contribution in [1.29, 1.82) is 0 Å². The summed E-state index contributed by atoms with van der Waals surface area (Å²) < 4.78 is 5.85. The zero-order valence-corrected chi connectivity index (χ0v) is 54.4. The number of hydrogen-bond acceptors (Lipinski definition) is 13. The maximum atomic E-state index is 15.7. The molecule has 1 aromatic rings. The predicted octanol–water partition coefficient (Wildman–Crippen LogP) is 1.07. The largest absolute Gasteiger partial charge is 0.377 e. The van der Waals surface area contributed by atoms with Gasteiger partial charge in [-0.2, -0.15) is 0 Å². The second-order valence-corrected chi connectivity index (χ2v) is 26.0. The van der Waals surface area contributed by atoms with Crippen LogP contribution in [0.3, 0.4) is 0 Å². The Morgan fingerprint density at radius 1 is 0.629 bits per heavy atom. The van der Waals surface area contributed by atoms with Crippen molar-refractivity contribution in [3.63, 3.8) is 0 Å². The van der Waals surface area contributed by atoms with Crippen LogP contribution in [-0.4, -0.2) is 264 Å². The van der Waals surface area contributed by atoms with Gasteiger partial charge in [0.15, 0.2) is 0 Å². The first-order valence-corrected chi connectivity index (χ1v) is 32.2. The van der Waals surface area contributed by atoms with Crippen molar-refractivity contribution in [3.8, 4) is 0 Å². The van der Waals surface area contributed by atoms with Crippen LogP contribution in [0.1, 0.15) is 135 Å². The summed E-state index contributed by atoms with van der Waals surface area (Å²) in [7, 11) is 10.1. The molecule has 2 saturated carbocycles. The van der Waals surface area contributed by atoms with Gasteiger partial charge in [0, 0.05) is 62.3 Å². The second-order valence-electron chi connectivity index (χ2n) is 26.0. The summed E-state index contributed by atoms with van der Waals surface area (Å²) in [5, 5.41) is 8.56. The lowest BCUT2D eigenvalue weighted by Gasteiger charge is -2.44. The SMILES string of the molecule is CCC1C(=O)NC([C@@H](C)CC)C(=O)N(C)CC(=O)N(C)CC(=O)N(C)C(Cc2ccc(C)cc2)C(=O)N(C)CC(=O)NCC(=O)N2CCCC2C(=O)NC2(CCCC2)C(=O)N(C)C(C2CCCCC2)C(=O)N(C)C(C(=O)N2C3CCC2COC3)CC(=O)N1C. The van der Waals surface area contributed by atoms with Crippen LogP contribution in [0, 0.1) is 18.8 Å². The van der Waals surface area contributed by atoms with Crippen molar-refractivity contribution in [1.82, 2.24) is 60.0 Å². The van der Waals surface area contributed by atoms with E-state index >= 15 is 14.4 Å². The molecule has 492 valence electrons. The maximum Gasteiger partial charge on any atom is 0.248 e. The zero-order chi connectivity index (χ0) is 65.2. The molecule has 2 bridgehead atoms. The van der Waals surface area contributed by atoms with Crippen LogP contribution < -0.4 is 16.0 Å². The molecule has 4 aliphatic heterocycles. The molecule has 12 amide bonds. The molecular weight excluding hydrogens is 1140 g/mol. The van der Waals surface area contributed by atoms with Gasteiger partial charge in [-0.3, -0.25) is 57.5 Å². The number of fused-ring (bicyclic) bond motifs is 3. The number of morpholine rings is 1. The first kappa shape index (κ1) is 69.3. The highest BCUT2D eigenvalue weighted by molar-refractivity contribution is 6.00. The molecule has 3 N–H and O–H groups in total. The van der Waals surface area contributed by atoms with Gasteiger partial charge in [-0.05, 0) is 82.1 Å². The molecule has 8 unspecified atom stereocenters. The van der Waals surface area contributed by atoms with E-state index < -0.39 is 151 Å². The highest BCUT2D eigenvalue weighted by atomic mass is 16.5. The topological polar surface area (TPSA) is 279 Å². The lowest BCUT2D eigenvalue weighted by atomic mass is 9.81. The van der Waals surface area contributed by atoms with E-state index in [0.29, 0.717) is 56.9 Å². The molecule has 1 aromatic carbocycles. The predicted molar refractivity (Wildman–Crippen MR) is 328 cm³/mol. The third-order valence-electron chi connectivity index (χ3n) is 19.9. The Hall–Kier alpha value is -7.18. The Kier molecular flexibility index (Phi) is 23.8. The minimum atomic E-state index is -1.45. The van der Waals surface area contributed by atoms with Crippen LogP contribution in [0.5, 0.6) is 0 Å². The summed E-state index contributed by atoms with van der Waals surface area (Å²) in [6, 6.07) is -0.203. The summed E-state index contributed by atoms with van der Waals surface area (Å²) in [4.78, 5) is 187. The third kappa shape index (κ3) is 16.1. The van der Waals surface area contributed by atoms with E-state index in [4.69, 9.17) is 4.74 Å². The summed E-state index contributed by atoms with van der Waals surface area (Å²) in [5.41, 5.74) is 0.224. The molecule has 9 atom stereocenters. The van der Waals surface area contributed by atoms with Crippen LogP contribution in [-0.2, 0) is 68.7 Å². The maximum absolute atomic E-state index is 15.7. The normalized spacial score (nSPS) is 28.6. The monoisotopic (exact) mass is 1240 g/mol. The molecule has 1 spiro atoms. The van der Waals surface area contributed by atoms with Crippen molar-refractivity contribution < 1.29 is 62.3 Å². The van der Waals surface area contributed by atoms with Gasteiger partial charge >= 0.3 is 0 Å². The van der Waals surface area contributed by atoms with Crippen molar-refractivity contribution in [2.75, 3.05) is 95.3 Å². The fourth-order valence-electron chi connectivity index (χ4n) is 14.0. The summed E-state index contributed by atoms with van der Waals surface area (Å²) in [6.45, 7) is 5.97. The van der Waals surface area contributed by atoms with E-state index in [9.17, 15) is 43.2 Å². The lowest BCUT2D eigenvalue weighted by molar-refractivity contribution is -0.159. The number of ether oxygens (including phenoxy) is 1. The fraction of sp³-hybridized carbons (Fsp3) is 0.719. The number of aryl methyl sites for hydroxylation is 1. The Labute approximate surface area is 524 Å². The Balaban J connectivity index is 1.23. The van der Waals surface area contributed by atoms with Crippen LogP contribution in [0.4, 0.5) is 0 Å². The molecule has 6 fully saturated rings. The van der Waals surface area contributed by atoms with E-state index in [2.05, 4.69) is 16.0 Å². The van der Waals surface area contributed by atoms with Gasteiger partial charge < -0.3 is 64.8 Å². The van der Waals surface area contributed by atoms with Gasteiger partial charge in [0.05, 0.1) is 57.9 Å². The van der Waals surface area contributed by atoms with Crippen LogP contribution in [0.25, 0.3) is 0 Å². The third-order valence-corrected chi connectivity index (χ3v) is 19.9. The van der Waals surface area contributed by atoms with Gasteiger partial charge in [0.25, 0.3) is 0 Å².